The fourth-order valence-corrected chi connectivity index (χ4v) is 2.07. The van der Waals surface area contributed by atoms with E-state index in [4.69, 9.17) is 5.73 Å². The monoisotopic (exact) mass is 230 g/mol. The first-order chi connectivity index (χ1) is 7.24. The molecule has 5 heteroatoms. The molecule has 1 aromatic heterocycles. The first-order valence-corrected chi connectivity index (χ1v) is 5.03. The average molecular weight is 230 g/mol. The highest BCUT2D eigenvalue weighted by atomic mass is 19.4. The molecule has 1 aliphatic carbocycles. The Morgan fingerprint density at radius 3 is 2.19 bits per heavy atom. The minimum absolute atomic E-state index is 0.00559. The summed E-state index contributed by atoms with van der Waals surface area (Å²) in [6.45, 7) is 4.00. The largest absolute Gasteiger partial charge is 0.433 e. The molecular weight excluding hydrogens is 217 g/mol. The molecule has 0 aliphatic heterocycles. The summed E-state index contributed by atoms with van der Waals surface area (Å²) in [5.74, 6) is 0.113. The Morgan fingerprint density at radius 2 is 1.88 bits per heavy atom. The molecular formula is C11H13F3N2. The van der Waals surface area contributed by atoms with E-state index in [1.165, 1.54) is 12.3 Å². The van der Waals surface area contributed by atoms with Gasteiger partial charge in [-0.05, 0) is 17.0 Å². The molecule has 1 aromatic rings. The summed E-state index contributed by atoms with van der Waals surface area (Å²) in [6.07, 6.45) is -3.10. The van der Waals surface area contributed by atoms with Gasteiger partial charge in [0.1, 0.15) is 5.69 Å². The van der Waals surface area contributed by atoms with Gasteiger partial charge in [0.2, 0.25) is 0 Å². The van der Waals surface area contributed by atoms with E-state index in [0.717, 1.165) is 11.6 Å². The highest BCUT2D eigenvalue weighted by Crippen LogP contribution is 2.57. The number of halogens is 3. The Balaban J connectivity index is 2.22. The van der Waals surface area contributed by atoms with Crippen LogP contribution in [-0.4, -0.2) is 11.0 Å². The number of nitrogens with two attached hydrogens (primary N) is 1. The fraction of sp³-hybridized carbons (Fsp3) is 0.545. The number of aromatic nitrogens is 1. The van der Waals surface area contributed by atoms with E-state index in [9.17, 15) is 13.2 Å². The predicted molar refractivity (Wildman–Crippen MR) is 53.7 cm³/mol. The number of rotatable bonds is 1. The summed E-state index contributed by atoms with van der Waals surface area (Å²) >= 11 is 0. The van der Waals surface area contributed by atoms with Gasteiger partial charge in [-0.25, -0.2) is 0 Å². The topological polar surface area (TPSA) is 38.9 Å². The van der Waals surface area contributed by atoms with Crippen molar-refractivity contribution in [2.75, 3.05) is 0 Å². The minimum Gasteiger partial charge on any atom is -0.327 e. The van der Waals surface area contributed by atoms with Crippen LogP contribution in [-0.2, 0) is 6.18 Å². The molecule has 2 N–H and O–H groups in total. The van der Waals surface area contributed by atoms with E-state index in [-0.39, 0.29) is 17.4 Å². The Bertz CT molecular complexity index is 395. The number of nitrogens with zero attached hydrogens (tertiary/aromatic N) is 1. The lowest BCUT2D eigenvalue weighted by Crippen LogP contribution is -2.08. The van der Waals surface area contributed by atoms with Gasteiger partial charge in [-0.2, -0.15) is 13.2 Å². The van der Waals surface area contributed by atoms with E-state index in [1.54, 1.807) is 0 Å². The third-order valence-corrected chi connectivity index (χ3v) is 3.35. The van der Waals surface area contributed by atoms with Crippen LogP contribution in [0.5, 0.6) is 0 Å². The van der Waals surface area contributed by atoms with Crippen molar-refractivity contribution in [2.24, 2.45) is 11.1 Å². The minimum atomic E-state index is -4.38. The molecule has 0 radical (unpaired) electrons. The van der Waals surface area contributed by atoms with Gasteiger partial charge in [0.25, 0.3) is 0 Å². The first kappa shape index (κ1) is 11.4. The molecule has 1 fully saturated rings. The molecule has 0 unspecified atom stereocenters. The number of hydrogen-bond donors (Lipinski definition) is 1. The number of pyridine rings is 1. The lowest BCUT2D eigenvalue weighted by atomic mass is 10.0. The zero-order chi connectivity index (χ0) is 12.1. The molecule has 1 aliphatic rings. The van der Waals surface area contributed by atoms with E-state index in [1.807, 2.05) is 13.8 Å². The van der Waals surface area contributed by atoms with Gasteiger partial charge in [-0.1, -0.05) is 19.9 Å². The molecule has 88 valence electrons. The first-order valence-electron chi connectivity index (χ1n) is 5.03. The molecule has 0 aromatic carbocycles. The molecule has 2 atom stereocenters. The summed E-state index contributed by atoms with van der Waals surface area (Å²) in [6, 6.07) is 2.48. The van der Waals surface area contributed by atoms with Crippen LogP contribution in [0.25, 0.3) is 0 Å². The normalized spacial score (nSPS) is 27.9. The Kier molecular flexibility index (Phi) is 2.28. The van der Waals surface area contributed by atoms with Gasteiger partial charge in [-0.3, -0.25) is 4.98 Å². The highest BCUT2D eigenvalue weighted by molar-refractivity contribution is 5.33. The van der Waals surface area contributed by atoms with Crippen LogP contribution in [0.1, 0.15) is 31.0 Å². The van der Waals surface area contributed by atoms with Crippen molar-refractivity contribution >= 4 is 0 Å². The Morgan fingerprint density at radius 1 is 1.31 bits per heavy atom. The maximum absolute atomic E-state index is 12.3. The second-order valence-corrected chi connectivity index (χ2v) is 4.80. The van der Waals surface area contributed by atoms with Gasteiger partial charge >= 0.3 is 6.18 Å². The highest BCUT2D eigenvalue weighted by Gasteiger charge is 2.56. The molecule has 16 heavy (non-hydrogen) atoms. The van der Waals surface area contributed by atoms with Crippen molar-refractivity contribution in [3.05, 3.63) is 29.6 Å². The van der Waals surface area contributed by atoms with E-state index in [2.05, 4.69) is 4.98 Å². The summed E-state index contributed by atoms with van der Waals surface area (Å²) in [4.78, 5) is 3.43. The molecule has 2 nitrogen and oxygen atoms in total. The third-order valence-electron chi connectivity index (χ3n) is 3.35. The summed E-state index contributed by atoms with van der Waals surface area (Å²) in [5.41, 5.74) is 5.73. The lowest BCUT2D eigenvalue weighted by Gasteiger charge is -2.07. The lowest BCUT2D eigenvalue weighted by molar-refractivity contribution is -0.141. The second kappa shape index (κ2) is 3.20. The van der Waals surface area contributed by atoms with Crippen LogP contribution >= 0.6 is 0 Å². The summed E-state index contributed by atoms with van der Waals surface area (Å²) in [5, 5.41) is 0. The van der Waals surface area contributed by atoms with Crippen LogP contribution < -0.4 is 5.73 Å². The Hall–Kier alpha value is -1.10. The standard InChI is InChI=1S/C11H13F3N2/c1-10(2)8(9(10)15)6-3-4-7(16-5-6)11(12,13)14/h3-5,8-9H,15H2,1-2H3/t8-,9-/m0/s1. The molecule has 2 rings (SSSR count). The third kappa shape index (κ3) is 1.69. The zero-order valence-corrected chi connectivity index (χ0v) is 9.05. The van der Waals surface area contributed by atoms with Gasteiger partial charge in [0.05, 0.1) is 0 Å². The van der Waals surface area contributed by atoms with Gasteiger partial charge in [0, 0.05) is 18.2 Å². The van der Waals surface area contributed by atoms with E-state index >= 15 is 0 Å². The summed E-state index contributed by atoms with van der Waals surface area (Å²) in [7, 11) is 0. The quantitative estimate of drug-likeness (QED) is 0.805. The van der Waals surface area contributed by atoms with Gasteiger partial charge in [-0.15, -0.1) is 0 Å². The van der Waals surface area contributed by atoms with Crippen LogP contribution in [0.4, 0.5) is 13.2 Å². The van der Waals surface area contributed by atoms with E-state index in [0.29, 0.717) is 0 Å². The van der Waals surface area contributed by atoms with Crippen LogP contribution in [0, 0.1) is 5.41 Å². The van der Waals surface area contributed by atoms with E-state index < -0.39 is 11.9 Å². The molecule has 0 saturated heterocycles. The van der Waals surface area contributed by atoms with Crippen molar-refractivity contribution in [3.8, 4) is 0 Å². The van der Waals surface area contributed by atoms with Crippen molar-refractivity contribution in [3.63, 3.8) is 0 Å². The maximum atomic E-state index is 12.3. The summed E-state index contributed by atoms with van der Waals surface area (Å²) < 4.78 is 36.8. The van der Waals surface area contributed by atoms with Crippen LogP contribution in [0.2, 0.25) is 0 Å². The van der Waals surface area contributed by atoms with Crippen LogP contribution in [0.3, 0.4) is 0 Å². The van der Waals surface area contributed by atoms with Crippen molar-refractivity contribution in [1.29, 1.82) is 0 Å². The van der Waals surface area contributed by atoms with Crippen molar-refractivity contribution < 1.29 is 13.2 Å². The number of alkyl halides is 3. The molecule has 0 spiro atoms. The zero-order valence-electron chi connectivity index (χ0n) is 9.05. The van der Waals surface area contributed by atoms with Crippen molar-refractivity contribution in [2.45, 2.75) is 32.0 Å². The maximum Gasteiger partial charge on any atom is 0.433 e. The predicted octanol–water partition coefficient (Wildman–Crippen LogP) is 2.55. The molecule has 1 saturated carbocycles. The number of hydrogen-bond acceptors (Lipinski definition) is 2. The SMILES string of the molecule is CC1(C)[C@@H](N)[C@@H]1c1ccc(C(F)(F)F)nc1. The second-order valence-electron chi connectivity index (χ2n) is 4.80. The van der Waals surface area contributed by atoms with Gasteiger partial charge in [0.15, 0.2) is 0 Å². The fourth-order valence-electron chi connectivity index (χ4n) is 2.07. The van der Waals surface area contributed by atoms with Gasteiger partial charge < -0.3 is 5.73 Å². The molecule has 1 heterocycles. The average Bonchev–Trinajstić information content (AvgIpc) is 2.65. The Labute approximate surface area is 91.7 Å². The van der Waals surface area contributed by atoms with Crippen LogP contribution in [0.15, 0.2) is 18.3 Å². The molecule has 0 bridgehead atoms. The smallest absolute Gasteiger partial charge is 0.327 e. The van der Waals surface area contributed by atoms with Crippen molar-refractivity contribution in [1.82, 2.24) is 4.98 Å². The molecule has 0 amide bonds.